The van der Waals surface area contributed by atoms with E-state index in [2.05, 4.69) is 11.8 Å². The summed E-state index contributed by atoms with van der Waals surface area (Å²) in [4.78, 5) is 25.0. The average Bonchev–Trinajstić information content (AvgIpc) is 2.94. The largest absolute Gasteiger partial charge is 0.384 e. The molecule has 1 fully saturated rings. The molecule has 21 heavy (non-hydrogen) atoms. The number of rotatable bonds is 2. The lowest BCUT2D eigenvalue weighted by Gasteiger charge is -2.22. The Balaban J connectivity index is 2.24. The van der Waals surface area contributed by atoms with Crippen molar-refractivity contribution in [3.8, 4) is 11.8 Å². The number of aliphatic hydroxyl groups is 1. The van der Waals surface area contributed by atoms with E-state index in [4.69, 9.17) is 10.8 Å². The van der Waals surface area contributed by atoms with Gasteiger partial charge in [0.05, 0.1) is 5.56 Å². The quantitative estimate of drug-likeness (QED) is 0.766. The van der Waals surface area contributed by atoms with Crippen LogP contribution in [0.1, 0.15) is 28.8 Å². The number of nitrogens with zero attached hydrogens (tertiary/aromatic N) is 1. The van der Waals surface area contributed by atoms with E-state index in [0.717, 1.165) is 6.07 Å². The van der Waals surface area contributed by atoms with E-state index in [0.29, 0.717) is 19.4 Å². The molecule has 1 aliphatic heterocycles. The van der Waals surface area contributed by atoms with Gasteiger partial charge < -0.3 is 15.7 Å². The van der Waals surface area contributed by atoms with Gasteiger partial charge in [0.15, 0.2) is 0 Å². The monoisotopic (exact) mass is 290 g/mol. The van der Waals surface area contributed by atoms with Crippen molar-refractivity contribution in [1.82, 2.24) is 4.90 Å². The molecule has 1 heterocycles. The number of aliphatic hydroxyl groups excluding tert-OH is 1. The molecule has 0 aliphatic carbocycles. The Morgan fingerprint density at radius 1 is 1.48 bits per heavy atom. The highest BCUT2D eigenvalue weighted by molar-refractivity contribution is 5.97. The van der Waals surface area contributed by atoms with Crippen molar-refractivity contribution in [2.24, 2.45) is 5.73 Å². The van der Waals surface area contributed by atoms with Crippen molar-refractivity contribution < 1.29 is 19.1 Å². The van der Waals surface area contributed by atoms with Gasteiger partial charge in [-0.05, 0) is 31.0 Å². The van der Waals surface area contributed by atoms with Gasteiger partial charge >= 0.3 is 0 Å². The summed E-state index contributed by atoms with van der Waals surface area (Å²) in [5.41, 5.74) is 5.52. The Kier molecular flexibility index (Phi) is 4.55. The molecular formula is C15H15FN2O3. The van der Waals surface area contributed by atoms with Gasteiger partial charge in [0.25, 0.3) is 5.91 Å². The first-order valence-electron chi connectivity index (χ1n) is 6.54. The zero-order chi connectivity index (χ0) is 15.4. The number of amides is 2. The number of halogens is 1. The van der Waals surface area contributed by atoms with Crippen LogP contribution in [0.5, 0.6) is 0 Å². The van der Waals surface area contributed by atoms with Gasteiger partial charge in [0.2, 0.25) is 5.91 Å². The molecule has 1 aliphatic rings. The van der Waals surface area contributed by atoms with E-state index in [-0.39, 0.29) is 17.7 Å². The van der Waals surface area contributed by atoms with Gasteiger partial charge in [-0.1, -0.05) is 11.8 Å². The lowest BCUT2D eigenvalue weighted by molar-refractivity contribution is -0.121. The van der Waals surface area contributed by atoms with Gasteiger partial charge in [0.1, 0.15) is 18.5 Å². The van der Waals surface area contributed by atoms with Crippen molar-refractivity contribution in [2.75, 3.05) is 13.2 Å². The molecule has 6 heteroatoms. The van der Waals surface area contributed by atoms with Crippen LogP contribution in [0, 0.1) is 17.7 Å². The minimum absolute atomic E-state index is 0.105. The lowest BCUT2D eigenvalue weighted by atomic mass is 10.1. The van der Waals surface area contributed by atoms with Crippen molar-refractivity contribution >= 4 is 11.8 Å². The third-order valence-corrected chi connectivity index (χ3v) is 3.36. The van der Waals surface area contributed by atoms with Crippen LogP contribution in [0.25, 0.3) is 0 Å². The Bertz CT molecular complexity index is 634. The molecule has 1 saturated heterocycles. The maximum absolute atomic E-state index is 13.8. The summed E-state index contributed by atoms with van der Waals surface area (Å²) in [5.74, 6) is 3.18. The topological polar surface area (TPSA) is 83.6 Å². The first-order chi connectivity index (χ1) is 10.0. The van der Waals surface area contributed by atoms with Gasteiger partial charge in [-0.2, -0.15) is 0 Å². The summed E-state index contributed by atoms with van der Waals surface area (Å²) in [7, 11) is 0. The Morgan fingerprint density at radius 2 is 2.24 bits per heavy atom. The Labute approximate surface area is 121 Å². The van der Waals surface area contributed by atoms with Crippen molar-refractivity contribution in [3.05, 3.63) is 35.1 Å². The summed E-state index contributed by atoms with van der Waals surface area (Å²) in [6, 6.07) is 3.28. The van der Waals surface area contributed by atoms with Crippen LogP contribution in [-0.2, 0) is 4.79 Å². The van der Waals surface area contributed by atoms with Crippen LogP contribution in [0.2, 0.25) is 0 Å². The van der Waals surface area contributed by atoms with E-state index in [9.17, 15) is 14.0 Å². The molecule has 5 nitrogen and oxygen atoms in total. The van der Waals surface area contributed by atoms with Crippen LogP contribution in [0.15, 0.2) is 18.2 Å². The van der Waals surface area contributed by atoms with Crippen LogP contribution in [0.4, 0.5) is 4.39 Å². The number of hydrogen-bond acceptors (Lipinski definition) is 3. The van der Waals surface area contributed by atoms with Crippen molar-refractivity contribution in [3.63, 3.8) is 0 Å². The highest BCUT2D eigenvalue weighted by Gasteiger charge is 2.33. The molecule has 1 aromatic rings. The van der Waals surface area contributed by atoms with E-state index in [1.54, 1.807) is 0 Å². The fourth-order valence-corrected chi connectivity index (χ4v) is 2.36. The molecule has 2 rings (SSSR count). The summed E-state index contributed by atoms with van der Waals surface area (Å²) in [6.45, 7) is 0.0638. The fourth-order valence-electron chi connectivity index (χ4n) is 2.36. The molecule has 1 atom stereocenters. The molecule has 2 amide bonds. The van der Waals surface area contributed by atoms with Gasteiger partial charge in [-0.15, -0.1) is 0 Å². The zero-order valence-corrected chi connectivity index (χ0v) is 11.3. The number of carbonyl (C=O) groups excluding carboxylic acids is 2. The maximum atomic E-state index is 13.8. The smallest absolute Gasteiger partial charge is 0.254 e. The molecule has 110 valence electrons. The van der Waals surface area contributed by atoms with E-state index in [1.165, 1.54) is 17.0 Å². The molecule has 3 N–H and O–H groups in total. The molecule has 1 aromatic carbocycles. The number of carbonyl (C=O) groups is 2. The minimum atomic E-state index is -0.642. The van der Waals surface area contributed by atoms with E-state index >= 15 is 0 Å². The predicted octanol–water partition coefficient (Wildman–Crippen LogP) is 0.259. The molecule has 0 aromatic heterocycles. The standard InChI is InChI=1S/C15H15FN2O3/c16-12-9-11(6-5-10(12)3-2-8-19)15(21)18-7-1-4-13(18)14(17)20/h5-6,9,13,19H,1,4,7-8H2,(H2,17,20). The summed E-state index contributed by atoms with van der Waals surface area (Å²) in [6.07, 6.45) is 1.23. The SMILES string of the molecule is NC(=O)C1CCCN1C(=O)c1ccc(C#CCO)c(F)c1. The highest BCUT2D eigenvalue weighted by Crippen LogP contribution is 2.21. The highest BCUT2D eigenvalue weighted by atomic mass is 19.1. The molecular weight excluding hydrogens is 275 g/mol. The first-order valence-corrected chi connectivity index (χ1v) is 6.54. The zero-order valence-electron chi connectivity index (χ0n) is 11.3. The van der Waals surface area contributed by atoms with Gasteiger partial charge in [-0.3, -0.25) is 9.59 Å². The van der Waals surface area contributed by atoms with Crippen molar-refractivity contribution in [2.45, 2.75) is 18.9 Å². The summed E-state index contributed by atoms with van der Waals surface area (Å²) in [5, 5.41) is 8.59. The average molecular weight is 290 g/mol. The van der Waals surface area contributed by atoms with Crippen LogP contribution < -0.4 is 5.73 Å². The third kappa shape index (κ3) is 3.20. The van der Waals surface area contributed by atoms with Crippen LogP contribution >= 0.6 is 0 Å². The number of benzene rings is 1. The number of hydrogen-bond donors (Lipinski definition) is 2. The minimum Gasteiger partial charge on any atom is -0.384 e. The summed E-state index contributed by atoms with van der Waals surface area (Å²) >= 11 is 0. The Morgan fingerprint density at radius 3 is 2.86 bits per heavy atom. The number of nitrogens with two attached hydrogens (primary N) is 1. The van der Waals surface area contributed by atoms with E-state index in [1.807, 2.05) is 0 Å². The number of likely N-dealkylation sites (tertiary alicyclic amines) is 1. The van der Waals surface area contributed by atoms with Crippen molar-refractivity contribution in [1.29, 1.82) is 0 Å². The third-order valence-electron chi connectivity index (χ3n) is 3.36. The second-order valence-corrected chi connectivity index (χ2v) is 4.71. The molecule has 1 unspecified atom stereocenters. The fraction of sp³-hybridized carbons (Fsp3) is 0.333. The molecule has 0 saturated carbocycles. The predicted molar refractivity (Wildman–Crippen MR) is 73.6 cm³/mol. The second kappa shape index (κ2) is 6.37. The second-order valence-electron chi connectivity index (χ2n) is 4.71. The first kappa shape index (κ1) is 15.0. The molecule has 0 spiro atoms. The van der Waals surface area contributed by atoms with Crippen LogP contribution in [-0.4, -0.2) is 41.0 Å². The normalized spacial score (nSPS) is 17.2. The lowest BCUT2D eigenvalue weighted by Crippen LogP contribution is -2.43. The van der Waals surface area contributed by atoms with Gasteiger partial charge in [0, 0.05) is 12.1 Å². The molecule has 0 bridgehead atoms. The maximum Gasteiger partial charge on any atom is 0.254 e. The van der Waals surface area contributed by atoms with Crippen LogP contribution in [0.3, 0.4) is 0 Å². The van der Waals surface area contributed by atoms with Gasteiger partial charge in [-0.25, -0.2) is 4.39 Å². The van der Waals surface area contributed by atoms with E-state index < -0.39 is 23.7 Å². The summed E-state index contributed by atoms with van der Waals surface area (Å²) < 4.78 is 13.8. The Hall–Kier alpha value is -2.39. The number of primary amides is 1. The molecule has 0 radical (unpaired) electrons.